The molecule has 2 rings (SSSR count). The normalized spacial score (nSPS) is 15.6. The molecular formula is C10H11ClN2O. The highest BCUT2D eigenvalue weighted by Crippen LogP contribution is 2.24. The van der Waals surface area contributed by atoms with Crippen LogP contribution in [-0.4, -0.2) is 18.8 Å². The topological polar surface area (TPSA) is 24.8 Å². The van der Waals surface area contributed by atoms with Crippen LogP contribution in [0.25, 0.3) is 0 Å². The molecule has 0 unspecified atom stereocenters. The Morgan fingerprint density at radius 1 is 1.50 bits per heavy atom. The zero-order chi connectivity index (χ0) is 9.97. The molecule has 1 aromatic rings. The summed E-state index contributed by atoms with van der Waals surface area (Å²) in [7, 11) is 1.65. The van der Waals surface area contributed by atoms with Gasteiger partial charge in [-0.3, -0.25) is 5.01 Å². The van der Waals surface area contributed by atoms with E-state index in [1.54, 1.807) is 7.11 Å². The van der Waals surface area contributed by atoms with Gasteiger partial charge in [0.25, 0.3) is 0 Å². The van der Waals surface area contributed by atoms with E-state index in [9.17, 15) is 0 Å². The summed E-state index contributed by atoms with van der Waals surface area (Å²) in [6, 6.07) is 7.78. The van der Waals surface area contributed by atoms with Gasteiger partial charge in [0, 0.05) is 19.0 Å². The number of hydrogen-bond donors (Lipinski definition) is 0. The standard InChI is InChI=1S/C10H11ClN2O/c1-14-9-4-2-3-8(7-9)13-6-5-10(11)12-13/h2-4,7H,5-6H2,1H3. The molecule has 0 N–H and O–H groups in total. The zero-order valence-corrected chi connectivity index (χ0v) is 8.66. The van der Waals surface area contributed by atoms with Crippen molar-refractivity contribution in [2.75, 3.05) is 18.7 Å². The van der Waals surface area contributed by atoms with Gasteiger partial charge in [-0.2, -0.15) is 5.10 Å². The lowest BCUT2D eigenvalue weighted by Crippen LogP contribution is -2.11. The van der Waals surface area contributed by atoms with Gasteiger partial charge in [-0.1, -0.05) is 17.7 Å². The highest BCUT2D eigenvalue weighted by molar-refractivity contribution is 6.65. The van der Waals surface area contributed by atoms with Crippen molar-refractivity contribution in [1.29, 1.82) is 0 Å². The lowest BCUT2D eigenvalue weighted by molar-refractivity contribution is 0.415. The molecule has 3 nitrogen and oxygen atoms in total. The summed E-state index contributed by atoms with van der Waals surface area (Å²) < 4.78 is 5.13. The van der Waals surface area contributed by atoms with Crippen LogP contribution in [0.2, 0.25) is 0 Å². The quantitative estimate of drug-likeness (QED) is 0.749. The Balaban J connectivity index is 2.24. The summed E-state index contributed by atoms with van der Waals surface area (Å²) >= 11 is 5.81. The van der Waals surface area contributed by atoms with Gasteiger partial charge in [0.15, 0.2) is 0 Å². The van der Waals surface area contributed by atoms with Gasteiger partial charge < -0.3 is 4.74 Å². The van der Waals surface area contributed by atoms with Crippen LogP contribution < -0.4 is 9.75 Å². The molecule has 0 fully saturated rings. The van der Waals surface area contributed by atoms with E-state index in [2.05, 4.69) is 5.10 Å². The van der Waals surface area contributed by atoms with Gasteiger partial charge in [0.2, 0.25) is 0 Å². The number of anilines is 1. The number of methoxy groups -OCH3 is 1. The van der Waals surface area contributed by atoms with E-state index >= 15 is 0 Å². The molecule has 0 saturated carbocycles. The van der Waals surface area contributed by atoms with Crippen molar-refractivity contribution < 1.29 is 4.74 Å². The first-order chi connectivity index (χ1) is 6.79. The number of nitrogens with zero attached hydrogens (tertiary/aromatic N) is 2. The van der Waals surface area contributed by atoms with Crippen LogP contribution in [0.5, 0.6) is 5.75 Å². The van der Waals surface area contributed by atoms with Crippen LogP contribution >= 0.6 is 11.6 Å². The molecule has 14 heavy (non-hydrogen) atoms. The summed E-state index contributed by atoms with van der Waals surface area (Å²) in [5.74, 6) is 0.834. The summed E-state index contributed by atoms with van der Waals surface area (Å²) in [5.41, 5.74) is 1.01. The summed E-state index contributed by atoms with van der Waals surface area (Å²) in [6.07, 6.45) is 0.818. The molecule has 1 heterocycles. The van der Waals surface area contributed by atoms with Crippen molar-refractivity contribution in [2.24, 2.45) is 5.10 Å². The number of halogens is 1. The SMILES string of the molecule is COc1cccc(N2CCC(Cl)=N2)c1. The molecule has 1 aliphatic rings. The Hall–Kier alpha value is -1.22. The first kappa shape index (κ1) is 9.34. The summed E-state index contributed by atoms with van der Waals surface area (Å²) in [5, 5.41) is 6.73. The fraction of sp³-hybridized carbons (Fsp3) is 0.300. The van der Waals surface area contributed by atoms with Gasteiger partial charge in [0.1, 0.15) is 10.9 Å². The molecule has 4 heteroatoms. The molecule has 0 radical (unpaired) electrons. The predicted octanol–water partition coefficient (Wildman–Crippen LogP) is 2.46. The minimum Gasteiger partial charge on any atom is -0.497 e. The smallest absolute Gasteiger partial charge is 0.128 e. The van der Waals surface area contributed by atoms with Crippen LogP contribution in [-0.2, 0) is 0 Å². The molecule has 0 bridgehead atoms. The average molecular weight is 211 g/mol. The highest BCUT2D eigenvalue weighted by Gasteiger charge is 2.14. The van der Waals surface area contributed by atoms with Crippen molar-refractivity contribution in [3.05, 3.63) is 24.3 Å². The second kappa shape index (κ2) is 3.88. The maximum atomic E-state index is 5.81. The average Bonchev–Trinajstić information content (AvgIpc) is 2.65. The monoisotopic (exact) mass is 210 g/mol. The number of hydrazone groups is 1. The third kappa shape index (κ3) is 1.82. The van der Waals surface area contributed by atoms with Gasteiger partial charge in [-0.25, -0.2) is 0 Å². The number of hydrogen-bond acceptors (Lipinski definition) is 3. The fourth-order valence-corrected chi connectivity index (χ4v) is 1.56. The minimum absolute atomic E-state index is 0.660. The van der Waals surface area contributed by atoms with Crippen LogP contribution in [0.1, 0.15) is 6.42 Å². The summed E-state index contributed by atoms with van der Waals surface area (Å²) in [6.45, 7) is 0.839. The Bertz CT molecular complexity index is 365. The molecule has 0 aromatic heterocycles. The molecule has 1 aliphatic heterocycles. The van der Waals surface area contributed by atoms with Crippen molar-refractivity contribution in [1.82, 2.24) is 0 Å². The zero-order valence-electron chi connectivity index (χ0n) is 7.90. The van der Waals surface area contributed by atoms with Crippen LogP contribution in [0.15, 0.2) is 29.4 Å². The van der Waals surface area contributed by atoms with Crippen LogP contribution in [0, 0.1) is 0 Å². The minimum atomic E-state index is 0.660. The Morgan fingerprint density at radius 2 is 2.36 bits per heavy atom. The van der Waals surface area contributed by atoms with Gasteiger partial charge >= 0.3 is 0 Å². The summed E-state index contributed by atoms with van der Waals surface area (Å²) in [4.78, 5) is 0. The molecule has 0 aliphatic carbocycles. The Labute approximate surface area is 87.9 Å². The molecule has 0 atom stereocenters. The second-order valence-corrected chi connectivity index (χ2v) is 3.49. The van der Waals surface area contributed by atoms with Gasteiger partial charge in [0.05, 0.1) is 12.8 Å². The Kier molecular flexibility index (Phi) is 2.59. The van der Waals surface area contributed by atoms with E-state index in [4.69, 9.17) is 16.3 Å². The lowest BCUT2D eigenvalue weighted by Gasteiger charge is -2.13. The molecule has 0 saturated heterocycles. The molecular weight excluding hydrogens is 200 g/mol. The van der Waals surface area contributed by atoms with Gasteiger partial charge in [-0.15, -0.1) is 0 Å². The number of ether oxygens (including phenoxy) is 1. The second-order valence-electron chi connectivity index (χ2n) is 3.05. The van der Waals surface area contributed by atoms with E-state index in [1.165, 1.54) is 0 Å². The maximum Gasteiger partial charge on any atom is 0.128 e. The van der Waals surface area contributed by atoms with Gasteiger partial charge in [-0.05, 0) is 12.1 Å². The fourth-order valence-electron chi connectivity index (χ4n) is 1.39. The van der Waals surface area contributed by atoms with E-state index < -0.39 is 0 Å². The van der Waals surface area contributed by atoms with Crippen molar-refractivity contribution in [3.8, 4) is 5.75 Å². The lowest BCUT2D eigenvalue weighted by atomic mass is 10.3. The Morgan fingerprint density at radius 3 is 3.00 bits per heavy atom. The first-order valence-corrected chi connectivity index (χ1v) is 4.82. The third-order valence-electron chi connectivity index (χ3n) is 2.11. The highest BCUT2D eigenvalue weighted by atomic mass is 35.5. The van der Waals surface area contributed by atoms with E-state index in [0.29, 0.717) is 5.17 Å². The van der Waals surface area contributed by atoms with Crippen molar-refractivity contribution >= 4 is 22.5 Å². The maximum absolute atomic E-state index is 5.81. The largest absolute Gasteiger partial charge is 0.497 e. The van der Waals surface area contributed by atoms with E-state index in [0.717, 1.165) is 24.4 Å². The molecule has 0 spiro atoms. The first-order valence-electron chi connectivity index (χ1n) is 4.44. The number of benzene rings is 1. The number of rotatable bonds is 2. The van der Waals surface area contributed by atoms with Crippen LogP contribution in [0.4, 0.5) is 5.69 Å². The predicted molar refractivity (Wildman–Crippen MR) is 58.2 cm³/mol. The van der Waals surface area contributed by atoms with E-state index in [1.807, 2.05) is 29.3 Å². The van der Waals surface area contributed by atoms with Crippen molar-refractivity contribution in [2.45, 2.75) is 6.42 Å². The third-order valence-corrected chi connectivity index (χ3v) is 2.38. The molecule has 1 aromatic carbocycles. The van der Waals surface area contributed by atoms with E-state index in [-0.39, 0.29) is 0 Å². The van der Waals surface area contributed by atoms with Crippen molar-refractivity contribution in [3.63, 3.8) is 0 Å². The molecule has 74 valence electrons. The van der Waals surface area contributed by atoms with Crippen LogP contribution in [0.3, 0.4) is 0 Å². The molecule has 0 amide bonds.